The highest BCUT2D eigenvalue weighted by Crippen LogP contribution is 2.23. The number of aliphatic carboxylic acids is 2. The third-order valence-corrected chi connectivity index (χ3v) is 4.15. The zero-order chi connectivity index (χ0) is 19.2. The van der Waals surface area contributed by atoms with E-state index in [0.717, 1.165) is 0 Å². The molecule has 0 amide bonds. The van der Waals surface area contributed by atoms with Crippen LogP contribution in [0.25, 0.3) is 0 Å². The van der Waals surface area contributed by atoms with Gasteiger partial charge < -0.3 is 21.1 Å². The minimum Gasteiger partial charge on any atom is -0.481 e. The summed E-state index contributed by atoms with van der Waals surface area (Å²) in [5.74, 6) is -2.73. The van der Waals surface area contributed by atoms with Crippen LogP contribution in [0.2, 0.25) is 0 Å². The maximum absolute atomic E-state index is 10.6. The lowest BCUT2D eigenvalue weighted by atomic mass is 10.1. The van der Waals surface area contributed by atoms with E-state index in [1.165, 1.54) is 11.8 Å². The van der Waals surface area contributed by atoms with Crippen LogP contribution >= 0.6 is 23.4 Å². The number of alkyl halides is 1. The van der Waals surface area contributed by atoms with Crippen molar-refractivity contribution in [2.75, 3.05) is 5.21 Å². The summed E-state index contributed by atoms with van der Waals surface area (Å²) >= 11 is 6.80. The van der Waals surface area contributed by atoms with Gasteiger partial charge >= 0.3 is 17.9 Å². The molecule has 0 aliphatic heterocycles. The Hall–Kier alpha value is -1.77. The Bertz CT molecular complexity index is 569. The molecule has 140 valence electrons. The molecule has 7 nitrogen and oxygen atoms in total. The van der Waals surface area contributed by atoms with Crippen LogP contribution in [-0.4, -0.2) is 44.5 Å². The van der Waals surface area contributed by atoms with Gasteiger partial charge in [0, 0.05) is 11.3 Å². The first-order chi connectivity index (χ1) is 11.8. The lowest BCUT2D eigenvalue weighted by molar-refractivity contribution is -0.139. The number of carboxylic acid groups (broad SMARTS) is 3. The number of hydrogen-bond donors (Lipinski definition) is 4. The highest BCUT2D eigenvalue weighted by molar-refractivity contribution is 8.00. The molecule has 0 aromatic heterocycles. The zero-order valence-corrected chi connectivity index (χ0v) is 15.1. The number of nitrogens with two attached hydrogens (primary N) is 1. The molecular formula is C16H22ClNO6S. The Balaban J connectivity index is 0.000000462. The molecule has 0 spiro atoms. The molecule has 9 heteroatoms. The Morgan fingerprint density at radius 3 is 2.24 bits per heavy atom. The normalized spacial score (nSPS) is 11.1. The summed E-state index contributed by atoms with van der Waals surface area (Å²) in [5.41, 5.74) is 5.55. The molecule has 1 aromatic rings. The second-order valence-electron chi connectivity index (χ2n) is 4.99. The molecule has 25 heavy (non-hydrogen) atoms. The van der Waals surface area contributed by atoms with Crippen molar-refractivity contribution in [1.82, 2.24) is 0 Å². The Kier molecular flexibility index (Phi) is 12.6. The van der Waals surface area contributed by atoms with Crippen LogP contribution < -0.4 is 5.73 Å². The molecule has 0 fully saturated rings. The molecule has 1 unspecified atom stereocenters. The number of rotatable bonds is 10. The summed E-state index contributed by atoms with van der Waals surface area (Å²) in [6.07, 6.45) is 2.52. The van der Waals surface area contributed by atoms with Crippen LogP contribution in [0.4, 0.5) is 0 Å². The van der Waals surface area contributed by atoms with Gasteiger partial charge in [-0.3, -0.25) is 9.59 Å². The maximum Gasteiger partial charge on any atom is 0.336 e. The number of unbranched alkanes of at least 4 members (excludes halogenated alkanes) is 2. The maximum atomic E-state index is 10.6. The van der Waals surface area contributed by atoms with Gasteiger partial charge in [-0.05, 0) is 25.0 Å². The van der Waals surface area contributed by atoms with Gasteiger partial charge in [0.2, 0.25) is 0 Å². The summed E-state index contributed by atoms with van der Waals surface area (Å²) in [6.45, 7) is 0. The largest absolute Gasteiger partial charge is 0.481 e. The molecule has 0 aliphatic carbocycles. The number of carbonyl (C=O) groups is 3. The molecule has 0 bridgehead atoms. The van der Waals surface area contributed by atoms with Crippen molar-refractivity contribution in [3.05, 3.63) is 29.8 Å². The number of benzene rings is 1. The van der Waals surface area contributed by atoms with E-state index >= 15 is 0 Å². The van der Waals surface area contributed by atoms with E-state index in [1.54, 1.807) is 24.3 Å². The fourth-order valence-corrected chi connectivity index (χ4v) is 2.72. The van der Waals surface area contributed by atoms with Gasteiger partial charge in [-0.2, -0.15) is 0 Å². The van der Waals surface area contributed by atoms with Gasteiger partial charge in [0.1, 0.15) is 6.04 Å². The second kappa shape index (κ2) is 13.5. The first-order valence-electron chi connectivity index (χ1n) is 7.50. The molecule has 1 atom stereocenters. The van der Waals surface area contributed by atoms with E-state index in [4.69, 9.17) is 32.7 Å². The molecule has 5 N–H and O–H groups in total. The lowest BCUT2D eigenvalue weighted by Gasteiger charge is -2.04. The second-order valence-corrected chi connectivity index (χ2v) is 6.59. The summed E-state index contributed by atoms with van der Waals surface area (Å²) in [6, 6.07) is 5.99. The van der Waals surface area contributed by atoms with Crippen LogP contribution in [0.1, 0.15) is 42.5 Å². The quantitative estimate of drug-likeness (QED) is 0.271. The average molecular weight is 392 g/mol. The number of hydrogen-bond acceptors (Lipinski definition) is 5. The summed E-state index contributed by atoms with van der Waals surface area (Å²) in [4.78, 5) is 31.7. The molecule has 0 saturated carbocycles. The number of thioether (sulfide) groups is 1. The van der Waals surface area contributed by atoms with E-state index in [1.807, 2.05) is 0 Å². The minimum absolute atomic E-state index is 0.141. The summed E-state index contributed by atoms with van der Waals surface area (Å²) < 4.78 is 0. The van der Waals surface area contributed by atoms with Gasteiger partial charge in [0.15, 0.2) is 0 Å². The van der Waals surface area contributed by atoms with Gasteiger partial charge in [-0.15, -0.1) is 23.4 Å². The fourth-order valence-electron chi connectivity index (χ4n) is 1.77. The van der Waals surface area contributed by atoms with Crippen molar-refractivity contribution in [2.24, 2.45) is 5.73 Å². The van der Waals surface area contributed by atoms with Gasteiger partial charge in [-0.1, -0.05) is 25.0 Å². The van der Waals surface area contributed by atoms with Crippen molar-refractivity contribution in [2.45, 2.75) is 43.0 Å². The first-order valence-corrected chi connectivity index (χ1v) is 9.02. The lowest BCUT2D eigenvalue weighted by Crippen LogP contribution is -2.29. The van der Waals surface area contributed by atoms with Crippen molar-refractivity contribution in [1.29, 1.82) is 0 Å². The van der Waals surface area contributed by atoms with Crippen molar-refractivity contribution in [3.63, 3.8) is 0 Å². The number of carboxylic acids is 3. The molecule has 0 saturated heterocycles. The molecule has 1 aromatic carbocycles. The van der Waals surface area contributed by atoms with Crippen molar-refractivity contribution >= 4 is 41.3 Å². The van der Waals surface area contributed by atoms with Crippen molar-refractivity contribution < 1.29 is 29.7 Å². The van der Waals surface area contributed by atoms with E-state index < -0.39 is 23.9 Å². The molecule has 0 heterocycles. The van der Waals surface area contributed by atoms with Crippen LogP contribution in [0.5, 0.6) is 0 Å². The monoisotopic (exact) mass is 391 g/mol. The molecule has 0 aliphatic rings. The highest BCUT2D eigenvalue weighted by atomic mass is 35.5. The molecular weight excluding hydrogens is 370 g/mol. The summed E-state index contributed by atoms with van der Waals surface area (Å²) in [7, 11) is 0. The average Bonchev–Trinajstić information content (AvgIpc) is 2.55. The predicted octanol–water partition coefficient (Wildman–Crippen LogP) is 3.11. The predicted molar refractivity (Wildman–Crippen MR) is 96.3 cm³/mol. The molecule has 0 radical (unpaired) electrons. The smallest absolute Gasteiger partial charge is 0.336 e. The van der Waals surface area contributed by atoms with E-state index in [0.29, 0.717) is 41.4 Å². The van der Waals surface area contributed by atoms with E-state index in [9.17, 15) is 14.4 Å². The number of halogens is 1. The Morgan fingerprint density at radius 2 is 1.72 bits per heavy atom. The third kappa shape index (κ3) is 11.4. The van der Waals surface area contributed by atoms with E-state index in [2.05, 4.69) is 0 Å². The van der Waals surface area contributed by atoms with Gasteiger partial charge in [0.05, 0.1) is 10.8 Å². The number of aromatic carboxylic acids is 1. The van der Waals surface area contributed by atoms with Crippen LogP contribution in [-0.2, 0) is 9.59 Å². The van der Waals surface area contributed by atoms with Crippen molar-refractivity contribution in [3.8, 4) is 0 Å². The zero-order valence-electron chi connectivity index (χ0n) is 13.6. The minimum atomic E-state index is -1.00. The first kappa shape index (κ1) is 23.2. The standard InChI is InChI=1S/C8H7ClO2S.C8H15NO4/c9-5-12-7-4-2-1-3-6(7)8(10)11;9-6(8(12)13)4-2-1-3-5-7(10)11/h1-4H,5H2,(H,10,11);6H,1-5,9H2,(H,10,11)(H,12,13). The van der Waals surface area contributed by atoms with Gasteiger partial charge in [-0.25, -0.2) is 4.79 Å². The van der Waals surface area contributed by atoms with Crippen LogP contribution in [0, 0.1) is 0 Å². The van der Waals surface area contributed by atoms with Gasteiger partial charge in [0.25, 0.3) is 0 Å². The summed E-state index contributed by atoms with van der Waals surface area (Å²) in [5, 5.41) is 25.8. The van der Waals surface area contributed by atoms with Crippen LogP contribution in [0.3, 0.4) is 0 Å². The SMILES string of the molecule is NC(CCCCCC(=O)O)C(=O)O.O=C(O)c1ccccc1SCCl. The van der Waals surface area contributed by atoms with E-state index in [-0.39, 0.29) is 6.42 Å². The topological polar surface area (TPSA) is 138 Å². The highest BCUT2D eigenvalue weighted by Gasteiger charge is 2.10. The molecule has 1 rings (SSSR count). The van der Waals surface area contributed by atoms with Crippen LogP contribution in [0.15, 0.2) is 29.2 Å². The third-order valence-electron chi connectivity index (χ3n) is 3.05. The fraction of sp³-hybridized carbons (Fsp3) is 0.438. The Morgan fingerprint density at radius 1 is 1.08 bits per heavy atom. The Labute approximate surface area is 155 Å².